The van der Waals surface area contributed by atoms with E-state index in [9.17, 15) is 8.42 Å². The van der Waals surface area contributed by atoms with Crippen LogP contribution in [0.4, 0.5) is 0 Å². The summed E-state index contributed by atoms with van der Waals surface area (Å²) in [6, 6.07) is 19.6. The maximum absolute atomic E-state index is 12.2. The van der Waals surface area contributed by atoms with Gasteiger partial charge in [0.2, 0.25) is 0 Å². The molecule has 0 bridgehead atoms. The van der Waals surface area contributed by atoms with Crippen LogP contribution in [0.15, 0.2) is 60.7 Å². The van der Waals surface area contributed by atoms with Gasteiger partial charge in [0.15, 0.2) is 15.8 Å². The van der Waals surface area contributed by atoms with Gasteiger partial charge in [-0.15, -0.1) is 17.0 Å². The second-order valence-electron chi connectivity index (χ2n) is 6.76. The minimum Gasteiger partial charge on any atom is -0.333 e. The van der Waals surface area contributed by atoms with Gasteiger partial charge < -0.3 is 9.80 Å². The predicted octanol–water partition coefficient (Wildman–Crippen LogP) is 2.68. The first-order valence-electron chi connectivity index (χ1n) is 8.44. The molecule has 2 atom stereocenters. The normalized spacial score (nSPS) is 23.6. The molecule has 2 fully saturated rings. The monoisotopic (exact) mass is 435 g/mol. The summed E-state index contributed by atoms with van der Waals surface area (Å²) in [4.78, 5) is 3.90. The van der Waals surface area contributed by atoms with Gasteiger partial charge in [-0.05, 0) is 11.1 Å². The Bertz CT molecular complexity index is 809. The van der Waals surface area contributed by atoms with Crippen molar-refractivity contribution in [2.45, 2.75) is 25.2 Å². The molecule has 0 aliphatic carbocycles. The Morgan fingerprint density at radius 1 is 0.808 bits per heavy atom. The number of rotatable bonds is 4. The summed E-state index contributed by atoms with van der Waals surface area (Å²) in [7, 11) is -3.06. The van der Waals surface area contributed by atoms with Crippen LogP contribution in [-0.2, 0) is 22.9 Å². The van der Waals surface area contributed by atoms with E-state index in [4.69, 9.17) is 5.41 Å². The van der Waals surface area contributed by atoms with Gasteiger partial charge in [0.05, 0.1) is 23.6 Å². The lowest BCUT2D eigenvalue weighted by atomic mass is 10.1. The number of benzene rings is 2. The number of nitrogens with zero attached hydrogens (tertiary/aromatic N) is 2. The van der Waals surface area contributed by atoms with Crippen LogP contribution < -0.4 is 0 Å². The number of nitrogens with one attached hydrogen (secondary N) is 1. The lowest BCUT2D eigenvalue weighted by Crippen LogP contribution is -2.37. The topological polar surface area (TPSA) is 64.5 Å². The van der Waals surface area contributed by atoms with Crippen LogP contribution in [0.25, 0.3) is 0 Å². The molecule has 2 aliphatic rings. The lowest BCUT2D eigenvalue weighted by molar-refractivity contribution is 0.306. The first kappa shape index (κ1) is 18.9. The third kappa shape index (κ3) is 3.64. The number of hydrogen-bond donors (Lipinski definition) is 1. The SMILES string of the molecule is Br.N=C1N(Cc2ccccc2)[C@@H]2CS(=O)(=O)C[C@H]2N1Cc1ccccc1. The zero-order valence-corrected chi connectivity index (χ0v) is 16.8. The standard InChI is InChI=1S/C19H21N3O2S.BrH/c20-19-21(11-15-7-3-1-4-8-15)17-13-25(23,24)14-18(17)22(19)12-16-9-5-2-6-10-16;/h1-10,17-18,20H,11-14H2;1H/t17-,18-;/m1./s1. The summed E-state index contributed by atoms with van der Waals surface area (Å²) in [5.74, 6) is 0.702. The highest BCUT2D eigenvalue weighted by Crippen LogP contribution is 2.33. The molecule has 2 aromatic rings. The van der Waals surface area contributed by atoms with E-state index >= 15 is 0 Å². The number of sulfone groups is 1. The maximum atomic E-state index is 12.2. The van der Waals surface area contributed by atoms with E-state index in [0.29, 0.717) is 19.0 Å². The van der Waals surface area contributed by atoms with Crippen molar-refractivity contribution in [3.05, 3.63) is 71.8 Å². The highest BCUT2D eigenvalue weighted by atomic mass is 79.9. The second kappa shape index (κ2) is 7.40. The molecule has 2 saturated heterocycles. The van der Waals surface area contributed by atoms with Crippen LogP contribution in [0.2, 0.25) is 0 Å². The number of halogens is 1. The summed E-state index contributed by atoms with van der Waals surface area (Å²) in [5.41, 5.74) is 2.19. The average molecular weight is 436 g/mol. The number of guanidine groups is 1. The third-order valence-electron chi connectivity index (χ3n) is 5.03. The fraction of sp³-hybridized carbons (Fsp3) is 0.316. The van der Waals surface area contributed by atoms with Crippen molar-refractivity contribution in [1.29, 1.82) is 5.41 Å². The lowest BCUT2D eigenvalue weighted by Gasteiger charge is -2.25. The molecule has 2 aromatic carbocycles. The molecule has 5 nitrogen and oxygen atoms in total. The zero-order valence-electron chi connectivity index (χ0n) is 14.3. The van der Waals surface area contributed by atoms with Crippen molar-refractivity contribution in [1.82, 2.24) is 9.80 Å². The van der Waals surface area contributed by atoms with Crippen molar-refractivity contribution in [2.24, 2.45) is 0 Å². The Kier molecular flexibility index (Phi) is 5.39. The van der Waals surface area contributed by atoms with Gasteiger partial charge in [-0.1, -0.05) is 60.7 Å². The summed E-state index contributed by atoms with van der Waals surface area (Å²) < 4.78 is 24.4. The van der Waals surface area contributed by atoms with Crippen LogP contribution in [-0.4, -0.2) is 47.8 Å². The molecular weight excluding hydrogens is 414 g/mol. The molecule has 26 heavy (non-hydrogen) atoms. The van der Waals surface area contributed by atoms with Crippen molar-refractivity contribution in [2.75, 3.05) is 11.5 Å². The van der Waals surface area contributed by atoms with Gasteiger partial charge >= 0.3 is 0 Å². The first-order valence-corrected chi connectivity index (χ1v) is 10.3. The fourth-order valence-electron chi connectivity index (χ4n) is 3.83. The highest BCUT2D eigenvalue weighted by Gasteiger charge is 2.51. The molecule has 0 unspecified atom stereocenters. The molecule has 0 spiro atoms. The molecule has 1 N–H and O–H groups in total. The molecule has 4 rings (SSSR count). The quantitative estimate of drug-likeness (QED) is 0.801. The molecule has 138 valence electrons. The Hall–Kier alpha value is -1.86. The van der Waals surface area contributed by atoms with Gasteiger partial charge in [0.1, 0.15) is 0 Å². The molecule has 0 aromatic heterocycles. The molecule has 2 heterocycles. The van der Waals surface area contributed by atoms with E-state index in [1.165, 1.54) is 0 Å². The van der Waals surface area contributed by atoms with E-state index in [2.05, 4.69) is 0 Å². The molecule has 0 amide bonds. The van der Waals surface area contributed by atoms with Crippen molar-refractivity contribution >= 4 is 32.8 Å². The van der Waals surface area contributed by atoms with Gasteiger partial charge in [0, 0.05) is 13.1 Å². The summed E-state index contributed by atoms with van der Waals surface area (Å²) in [5, 5.41) is 8.65. The first-order chi connectivity index (χ1) is 12.0. The largest absolute Gasteiger partial charge is 0.333 e. The van der Waals surface area contributed by atoms with Crippen molar-refractivity contribution in [3.8, 4) is 0 Å². The zero-order chi connectivity index (χ0) is 17.4. The van der Waals surface area contributed by atoms with Gasteiger partial charge in [0.25, 0.3) is 0 Å². The third-order valence-corrected chi connectivity index (χ3v) is 6.73. The Balaban J connectivity index is 0.00000196. The van der Waals surface area contributed by atoms with Crippen molar-refractivity contribution < 1.29 is 8.42 Å². The molecule has 0 saturated carbocycles. The van der Waals surface area contributed by atoms with Crippen LogP contribution in [0, 0.1) is 5.41 Å². The summed E-state index contributed by atoms with van der Waals surface area (Å²) >= 11 is 0. The minimum atomic E-state index is -3.06. The van der Waals surface area contributed by atoms with Crippen LogP contribution >= 0.6 is 17.0 Å². The van der Waals surface area contributed by atoms with E-state index in [1.807, 2.05) is 70.5 Å². The van der Waals surface area contributed by atoms with E-state index in [-0.39, 0.29) is 40.6 Å². The van der Waals surface area contributed by atoms with Crippen LogP contribution in [0.5, 0.6) is 0 Å². The minimum absolute atomic E-state index is 0. The van der Waals surface area contributed by atoms with Gasteiger partial charge in [-0.2, -0.15) is 0 Å². The molecular formula is C19H22BrN3O2S. The predicted molar refractivity (Wildman–Crippen MR) is 108 cm³/mol. The highest BCUT2D eigenvalue weighted by molar-refractivity contribution is 8.93. The van der Waals surface area contributed by atoms with Crippen molar-refractivity contribution in [3.63, 3.8) is 0 Å². The summed E-state index contributed by atoms with van der Waals surface area (Å²) in [6.45, 7) is 1.14. The number of hydrogen-bond acceptors (Lipinski definition) is 3. The smallest absolute Gasteiger partial charge is 0.195 e. The second-order valence-corrected chi connectivity index (χ2v) is 8.92. The molecule has 7 heteroatoms. The van der Waals surface area contributed by atoms with E-state index in [1.54, 1.807) is 0 Å². The van der Waals surface area contributed by atoms with E-state index in [0.717, 1.165) is 11.1 Å². The van der Waals surface area contributed by atoms with Gasteiger partial charge in [-0.25, -0.2) is 8.42 Å². The Morgan fingerprint density at radius 2 is 1.19 bits per heavy atom. The maximum Gasteiger partial charge on any atom is 0.195 e. The molecule has 0 radical (unpaired) electrons. The van der Waals surface area contributed by atoms with Crippen LogP contribution in [0.1, 0.15) is 11.1 Å². The van der Waals surface area contributed by atoms with E-state index < -0.39 is 9.84 Å². The van der Waals surface area contributed by atoms with Crippen LogP contribution in [0.3, 0.4) is 0 Å². The average Bonchev–Trinajstić information content (AvgIpc) is 3.03. The fourth-order valence-corrected chi connectivity index (χ4v) is 5.81. The Labute approximate surface area is 164 Å². The summed E-state index contributed by atoms with van der Waals surface area (Å²) in [6.07, 6.45) is 0. The molecule has 2 aliphatic heterocycles. The van der Waals surface area contributed by atoms with Gasteiger partial charge in [-0.3, -0.25) is 5.41 Å². The Morgan fingerprint density at radius 3 is 1.58 bits per heavy atom. The number of fused-ring (bicyclic) bond motifs is 1.